The van der Waals surface area contributed by atoms with E-state index in [1.165, 1.54) is 0 Å². The number of carbonyl (C=O) groups is 1. The molecular formula is C14H20N2O5. The number of nitrogens with zero attached hydrogens (tertiary/aromatic N) is 2. The average molecular weight is 296 g/mol. The van der Waals surface area contributed by atoms with Crippen molar-refractivity contribution in [2.24, 2.45) is 0 Å². The minimum Gasteiger partial charge on any atom is -0.481 e. The number of carboxylic acids is 1. The molecule has 1 saturated heterocycles. The first-order chi connectivity index (χ1) is 9.99. The number of hydrogen-bond acceptors (Lipinski definition) is 5. The summed E-state index contributed by atoms with van der Waals surface area (Å²) in [4.78, 5) is 26.8. The summed E-state index contributed by atoms with van der Waals surface area (Å²) in [5, 5.41) is 8.82. The van der Waals surface area contributed by atoms with Crippen molar-refractivity contribution in [1.29, 1.82) is 0 Å². The van der Waals surface area contributed by atoms with Gasteiger partial charge in [-0.3, -0.25) is 9.36 Å². The molecule has 1 aliphatic rings. The molecule has 0 aromatic carbocycles. The number of carboxylic acid groups (broad SMARTS) is 1. The molecule has 1 atom stereocenters. The number of ether oxygens (including phenoxy) is 2. The molecule has 0 aliphatic carbocycles. The zero-order valence-corrected chi connectivity index (χ0v) is 12.3. The van der Waals surface area contributed by atoms with E-state index in [-0.39, 0.29) is 18.2 Å². The summed E-state index contributed by atoms with van der Waals surface area (Å²) < 4.78 is 12.4. The second-order valence-corrected chi connectivity index (χ2v) is 5.12. The molecule has 7 nitrogen and oxygen atoms in total. The average Bonchev–Trinajstić information content (AvgIpc) is 2.44. The van der Waals surface area contributed by atoms with E-state index in [1.807, 2.05) is 6.92 Å². The van der Waals surface area contributed by atoms with Crippen LogP contribution < -0.4 is 5.69 Å². The molecule has 1 aromatic heterocycles. The van der Waals surface area contributed by atoms with E-state index in [1.54, 1.807) is 11.5 Å². The molecule has 1 aliphatic heterocycles. The normalized spacial score (nSPS) is 18.7. The van der Waals surface area contributed by atoms with Gasteiger partial charge in [0.05, 0.1) is 32.5 Å². The summed E-state index contributed by atoms with van der Waals surface area (Å²) in [6.45, 7) is 5.46. The Kier molecular flexibility index (Phi) is 5.08. The molecule has 2 rings (SSSR count). The van der Waals surface area contributed by atoms with Crippen LogP contribution in [0.5, 0.6) is 0 Å². The summed E-state index contributed by atoms with van der Waals surface area (Å²) >= 11 is 0. The third-order valence-corrected chi connectivity index (χ3v) is 3.63. The number of hydrogen-bond donors (Lipinski definition) is 1. The fraction of sp³-hybridized carbons (Fsp3) is 0.643. The highest BCUT2D eigenvalue weighted by Crippen LogP contribution is 2.13. The molecule has 0 bridgehead atoms. The Morgan fingerprint density at radius 2 is 2.19 bits per heavy atom. The van der Waals surface area contributed by atoms with Crippen LogP contribution in [-0.4, -0.2) is 46.6 Å². The van der Waals surface area contributed by atoms with Gasteiger partial charge in [-0.15, -0.1) is 0 Å². The van der Waals surface area contributed by atoms with Gasteiger partial charge < -0.3 is 14.6 Å². The van der Waals surface area contributed by atoms with E-state index >= 15 is 0 Å². The maximum absolute atomic E-state index is 12.1. The standard InChI is InChI=1S/C14H20N2O5/c1-9-12(3-4-13(17)18)10(2)16(14(19)15-9)7-11-8-20-5-6-21-11/h11H,3-8H2,1-2H3,(H,17,18). The SMILES string of the molecule is Cc1nc(=O)n(CC2COCCO2)c(C)c1CCC(=O)O. The Labute approximate surface area is 122 Å². The quantitative estimate of drug-likeness (QED) is 0.840. The molecule has 2 heterocycles. The minimum absolute atomic E-state index is 0.0185. The van der Waals surface area contributed by atoms with Crippen LogP contribution in [0.15, 0.2) is 4.79 Å². The maximum Gasteiger partial charge on any atom is 0.348 e. The van der Waals surface area contributed by atoms with Gasteiger partial charge >= 0.3 is 11.7 Å². The number of rotatable bonds is 5. The minimum atomic E-state index is -0.865. The molecular weight excluding hydrogens is 276 g/mol. The predicted molar refractivity (Wildman–Crippen MR) is 74.5 cm³/mol. The van der Waals surface area contributed by atoms with Crippen LogP contribution in [0.3, 0.4) is 0 Å². The second kappa shape index (κ2) is 6.82. The van der Waals surface area contributed by atoms with Crippen LogP contribution in [-0.2, 0) is 27.2 Å². The number of aromatic nitrogens is 2. The van der Waals surface area contributed by atoms with Crippen LogP contribution in [0.4, 0.5) is 0 Å². The second-order valence-electron chi connectivity index (χ2n) is 5.12. The molecule has 116 valence electrons. The van der Waals surface area contributed by atoms with Crippen molar-refractivity contribution in [3.05, 3.63) is 27.4 Å². The molecule has 0 amide bonds. The van der Waals surface area contributed by atoms with Gasteiger partial charge in [0.2, 0.25) is 0 Å². The monoisotopic (exact) mass is 296 g/mol. The first-order valence-electron chi connectivity index (χ1n) is 6.97. The Morgan fingerprint density at radius 3 is 2.81 bits per heavy atom. The lowest BCUT2D eigenvalue weighted by Gasteiger charge is -2.25. The molecule has 1 N–H and O–H groups in total. The zero-order valence-electron chi connectivity index (χ0n) is 12.3. The molecule has 0 spiro atoms. The van der Waals surface area contributed by atoms with E-state index in [2.05, 4.69) is 4.98 Å². The lowest BCUT2D eigenvalue weighted by Crippen LogP contribution is -2.38. The molecule has 0 radical (unpaired) electrons. The Balaban J connectivity index is 2.25. The molecule has 0 saturated carbocycles. The topological polar surface area (TPSA) is 90.7 Å². The zero-order chi connectivity index (χ0) is 15.4. The lowest BCUT2D eigenvalue weighted by molar-refractivity contribution is -0.136. The summed E-state index contributed by atoms with van der Waals surface area (Å²) in [6, 6.07) is 0. The third-order valence-electron chi connectivity index (χ3n) is 3.63. The van der Waals surface area contributed by atoms with Crippen LogP contribution in [0.2, 0.25) is 0 Å². The lowest BCUT2D eigenvalue weighted by atomic mass is 10.1. The maximum atomic E-state index is 12.1. The van der Waals surface area contributed by atoms with Gasteiger partial charge in [0.15, 0.2) is 0 Å². The smallest absolute Gasteiger partial charge is 0.348 e. The summed E-state index contributed by atoms with van der Waals surface area (Å²) in [5.41, 5.74) is 1.82. The Hall–Kier alpha value is -1.73. The predicted octanol–water partition coefficient (Wildman–Crippen LogP) is 0.293. The van der Waals surface area contributed by atoms with E-state index in [4.69, 9.17) is 14.6 Å². The van der Waals surface area contributed by atoms with Crippen molar-refractivity contribution in [3.8, 4) is 0 Å². The van der Waals surface area contributed by atoms with Gasteiger partial charge in [0, 0.05) is 17.8 Å². The fourth-order valence-electron chi connectivity index (χ4n) is 2.49. The van der Waals surface area contributed by atoms with Gasteiger partial charge in [-0.05, 0) is 25.8 Å². The van der Waals surface area contributed by atoms with Crippen molar-refractivity contribution in [3.63, 3.8) is 0 Å². The number of aryl methyl sites for hydroxylation is 1. The molecule has 7 heteroatoms. The van der Waals surface area contributed by atoms with Crippen molar-refractivity contribution < 1.29 is 19.4 Å². The van der Waals surface area contributed by atoms with Crippen molar-refractivity contribution in [2.45, 2.75) is 39.3 Å². The van der Waals surface area contributed by atoms with E-state index in [0.717, 1.165) is 11.3 Å². The fourth-order valence-corrected chi connectivity index (χ4v) is 2.49. The highest BCUT2D eigenvalue weighted by atomic mass is 16.6. The van der Waals surface area contributed by atoms with Crippen molar-refractivity contribution in [2.75, 3.05) is 19.8 Å². The van der Waals surface area contributed by atoms with Gasteiger partial charge in [0.25, 0.3) is 0 Å². The van der Waals surface area contributed by atoms with Gasteiger partial charge in [-0.2, -0.15) is 4.98 Å². The Morgan fingerprint density at radius 1 is 1.43 bits per heavy atom. The summed E-state index contributed by atoms with van der Waals surface area (Å²) in [7, 11) is 0. The van der Waals surface area contributed by atoms with E-state index in [0.29, 0.717) is 38.5 Å². The van der Waals surface area contributed by atoms with Crippen LogP contribution >= 0.6 is 0 Å². The summed E-state index contributed by atoms with van der Waals surface area (Å²) in [6.07, 6.45) is 0.208. The molecule has 1 unspecified atom stereocenters. The van der Waals surface area contributed by atoms with Gasteiger partial charge in [0.1, 0.15) is 0 Å². The molecule has 1 fully saturated rings. The third kappa shape index (κ3) is 3.89. The summed E-state index contributed by atoms with van der Waals surface area (Å²) in [5.74, 6) is -0.865. The van der Waals surface area contributed by atoms with Crippen LogP contribution in [0.25, 0.3) is 0 Å². The van der Waals surface area contributed by atoms with Crippen LogP contribution in [0.1, 0.15) is 23.4 Å². The van der Waals surface area contributed by atoms with Crippen molar-refractivity contribution >= 4 is 5.97 Å². The van der Waals surface area contributed by atoms with Crippen molar-refractivity contribution in [1.82, 2.24) is 9.55 Å². The first kappa shape index (κ1) is 15.7. The molecule has 21 heavy (non-hydrogen) atoms. The number of aliphatic carboxylic acids is 1. The Bertz CT molecular complexity index is 575. The van der Waals surface area contributed by atoms with E-state index in [9.17, 15) is 9.59 Å². The highest BCUT2D eigenvalue weighted by molar-refractivity contribution is 5.67. The first-order valence-corrected chi connectivity index (χ1v) is 6.97. The van der Waals surface area contributed by atoms with Gasteiger partial charge in [-0.25, -0.2) is 4.79 Å². The largest absolute Gasteiger partial charge is 0.481 e. The highest BCUT2D eigenvalue weighted by Gasteiger charge is 2.19. The van der Waals surface area contributed by atoms with Gasteiger partial charge in [-0.1, -0.05) is 0 Å². The van der Waals surface area contributed by atoms with Crippen LogP contribution in [0, 0.1) is 13.8 Å². The van der Waals surface area contributed by atoms with E-state index < -0.39 is 5.97 Å². The molecule has 1 aromatic rings.